The van der Waals surface area contributed by atoms with E-state index in [1.807, 2.05) is 42.5 Å². The first-order valence-corrected chi connectivity index (χ1v) is 10.2. The fourth-order valence-electron chi connectivity index (χ4n) is 4.21. The molecule has 0 saturated heterocycles. The lowest BCUT2D eigenvalue weighted by Crippen LogP contribution is -2.34. The van der Waals surface area contributed by atoms with Gasteiger partial charge in [-0.05, 0) is 65.2 Å². The fraction of sp³-hybridized carbons (Fsp3) is 0.185. The molecule has 4 heteroatoms. The summed E-state index contributed by atoms with van der Waals surface area (Å²) in [5.41, 5.74) is 3.26. The van der Waals surface area contributed by atoms with Crippen LogP contribution in [0.15, 0.2) is 48.5 Å². The molecule has 31 heavy (non-hydrogen) atoms. The Hall–Kier alpha value is -3.66. The molecule has 1 aliphatic carbocycles. The number of carbonyl (C=O) groups excluding carboxylic acids is 4. The predicted molar refractivity (Wildman–Crippen MR) is 121 cm³/mol. The first-order valence-electron chi connectivity index (χ1n) is 10.2. The van der Waals surface area contributed by atoms with Gasteiger partial charge in [0.1, 0.15) is 5.78 Å². The molecule has 0 unspecified atom stereocenters. The molecule has 0 saturated carbocycles. The summed E-state index contributed by atoms with van der Waals surface area (Å²) >= 11 is 0. The molecule has 1 aliphatic rings. The maximum absolute atomic E-state index is 13.2. The van der Waals surface area contributed by atoms with E-state index in [-0.39, 0.29) is 36.0 Å². The zero-order valence-electron chi connectivity index (χ0n) is 17.7. The molecule has 0 spiro atoms. The SMILES string of the molecule is CC(=O)Cc1ccc2cc(C(C)=O)ccc2c1C1=c2ccc(C(C)=O)cc2=CCC1=O. The van der Waals surface area contributed by atoms with Gasteiger partial charge in [0.05, 0.1) is 0 Å². The fourth-order valence-corrected chi connectivity index (χ4v) is 4.21. The van der Waals surface area contributed by atoms with E-state index < -0.39 is 0 Å². The van der Waals surface area contributed by atoms with E-state index in [2.05, 4.69) is 0 Å². The van der Waals surface area contributed by atoms with Crippen molar-refractivity contribution >= 4 is 45.6 Å². The zero-order chi connectivity index (χ0) is 22.3. The summed E-state index contributed by atoms with van der Waals surface area (Å²) in [6.07, 6.45) is 2.28. The molecule has 154 valence electrons. The van der Waals surface area contributed by atoms with E-state index in [0.29, 0.717) is 16.7 Å². The second-order valence-corrected chi connectivity index (χ2v) is 8.04. The normalized spacial score (nSPS) is 13.0. The Morgan fingerprint density at radius 3 is 2.19 bits per heavy atom. The van der Waals surface area contributed by atoms with E-state index in [4.69, 9.17) is 0 Å². The average molecular weight is 410 g/mol. The lowest BCUT2D eigenvalue weighted by Gasteiger charge is -2.18. The Bertz CT molecular complexity index is 1420. The van der Waals surface area contributed by atoms with Gasteiger partial charge in [-0.15, -0.1) is 0 Å². The van der Waals surface area contributed by atoms with Gasteiger partial charge in [0.15, 0.2) is 17.3 Å². The molecule has 0 heterocycles. The largest absolute Gasteiger partial charge is 0.300 e. The van der Waals surface area contributed by atoms with Crippen LogP contribution in [-0.2, 0) is 16.0 Å². The van der Waals surface area contributed by atoms with Crippen LogP contribution in [0.25, 0.3) is 22.4 Å². The van der Waals surface area contributed by atoms with Crippen LogP contribution in [0.4, 0.5) is 0 Å². The first kappa shape index (κ1) is 20.6. The van der Waals surface area contributed by atoms with Gasteiger partial charge in [0.2, 0.25) is 0 Å². The van der Waals surface area contributed by atoms with Gasteiger partial charge >= 0.3 is 0 Å². The van der Waals surface area contributed by atoms with Crippen LogP contribution < -0.4 is 10.4 Å². The highest BCUT2D eigenvalue weighted by Gasteiger charge is 2.22. The highest BCUT2D eigenvalue weighted by Crippen LogP contribution is 2.31. The van der Waals surface area contributed by atoms with E-state index in [1.54, 1.807) is 12.1 Å². The number of rotatable bonds is 5. The number of carbonyl (C=O) groups is 4. The molecule has 0 bridgehead atoms. The summed E-state index contributed by atoms with van der Waals surface area (Å²) in [6, 6.07) is 14.5. The van der Waals surface area contributed by atoms with Crippen molar-refractivity contribution in [3.63, 3.8) is 0 Å². The summed E-state index contributed by atoms with van der Waals surface area (Å²) in [6.45, 7) is 4.56. The van der Waals surface area contributed by atoms with E-state index in [0.717, 1.165) is 32.3 Å². The standard InChI is InChI=1S/C27H22O4/c1-15(28)12-22-5-4-20-13-18(16(2)29)6-9-23(20)26(22)27-24-10-7-19(17(3)30)14-21(24)8-11-25(27)31/h4-10,13-14H,11-12H2,1-3H3. The van der Waals surface area contributed by atoms with E-state index >= 15 is 0 Å². The average Bonchev–Trinajstić information content (AvgIpc) is 2.73. The van der Waals surface area contributed by atoms with Crippen molar-refractivity contribution in [1.82, 2.24) is 0 Å². The van der Waals surface area contributed by atoms with Gasteiger partial charge in [-0.1, -0.05) is 42.5 Å². The molecule has 0 radical (unpaired) electrons. The number of hydrogen-bond acceptors (Lipinski definition) is 4. The first-order chi connectivity index (χ1) is 14.8. The lowest BCUT2D eigenvalue weighted by molar-refractivity contribution is -0.116. The van der Waals surface area contributed by atoms with Gasteiger partial charge < -0.3 is 0 Å². The minimum absolute atomic E-state index is 0.00327. The van der Waals surface area contributed by atoms with Crippen molar-refractivity contribution in [2.45, 2.75) is 33.6 Å². The summed E-state index contributed by atoms with van der Waals surface area (Å²) in [5.74, 6) is -0.0947. The predicted octanol–water partition coefficient (Wildman–Crippen LogP) is 3.33. The minimum Gasteiger partial charge on any atom is -0.300 e. The molecule has 0 amide bonds. The van der Waals surface area contributed by atoms with Crippen molar-refractivity contribution < 1.29 is 19.2 Å². The lowest BCUT2D eigenvalue weighted by atomic mass is 9.84. The molecule has 0 aliphatic heterocycles. The van der Waals surface area contributed by atoms with Crippen LogP contribution in [0.3, 0.4) is 0 Å². The third kappa shape index (κ3) is 3.77. The molecule has 0 fully saturated rings. The Morgan fingerprint density at radius 1 is 0.839 bits per heavy atom. The maximum atomic E-state index is 13.2. The molecule has 0 aromatic heterocycles. The third-order valence-electron chi connectivity index (χ3n) is 5.72. The number of fused-ring (bicyclic) bond motifs is 2. The highest BCUT2D eigenvalue weighted by atomic mass is 16.1. The zero-order valence-corrected chi connectivity index (χ0v) is 17.7. The summed E-state index contributed by atoms with van der Waals surface area (Å²) < 4.78 is 0. The van der Waals surface area contributed by atoms with Gasteiger partial charge in [-0.2, -0.15) is 0 Å². The van der Waals surface area contributed by atoms with Crippen molar-refractivity contribution in [2.75, 3.05) is 0 Å². The Kier molecular flexibility index (Phi) is 5.24. The summed E-state index contributed by atoms with van der Waals surface area (Å²) in [7, 11) is 0. The molecular formula is C27H22O4. The molecule has 3 aromatic carbocycles. The van der Waals surface area contributed by atoms with Crippen molar-refractivity contribution in [1.29, 1.82) is 0 Å². The van der Waals surface area contributed by atoms with Gasteiger partial charge in [-0.3, -0.25) is 19.2 Å². The highest BCUT2D eigenvalue weighted by molar-refractivity contribution is 6.26. The van der Waals surface area contributed by atoms with Gasteiger partial charge in [0, 0.05) is 29.5 Å². The number of Topliss-reactive ketones (excluding diaryl/α,β-unsaturated/α-hetero) is 4. The molecular weight excluding hydrogens is 388 g/mol. The van der Waals surface area contributed by atoms with Crippen LogP contribution in [-0.4, -0.2) is 23.1 Å². The molecule has 3 aromatic rings. The third-order valence-corrected chi connectivity index (χ3v) is 5.72. The van der Waals surface area contributed by atoms with Crippen LogP contribution in [0.1, 0.15) is 59.0 Å². The molecule has 4 nitrogen and oxygen atoms in total. The Balaban J connectivity index is 2.13. The second kappa shape index (κ2) is 7.88. The van der Waals surface area contributed by atoms with Crippen molar-refractivity contribution in [2.24, 2.45) is 0 Å². The van der Waals surface area contributed by atoms with Crippen molar-refractivity contribution in [3.8, 4) is 0 Å². The number of benzene rings is 3. The monoisotopic (exact) mass is 410 g/mol. The quantitative estimate of drug-likeness (QED) is 0.605. The number of ketones is 4. The van der Waals surface area contributed by atoms with Crippen LogP contribution >= 0.6 is 0 Å². The van der Waals surface area contributed by atoms with E-state index in [9.17, 15) is 19.2 Å². The van der Waals surface area contributed by atoms with Gasteiger partial charge in [-0.25, -0.2) is 0 Å². The Morgan fingerprint density at radius 2 is 1.52 bits per heavy atom. The summed E-state index contributed by atoms with van der Waals surface area (Å²) in [4.78, 5) is 48.8. The molecule has 4 rings (SSSR count). The van der Waals surface area contributed by atoms with E-state index in [1.165, 1.54) is 20.8 Å². The summed E-state index contributed by atoms with van der Waals surface area (Å²) in [5, 5.41) is 3.27. The minimum atomic E-state index is -0.0335. The smallest absolute Gasteiger partial charge is 0.167 e. The topological polar surface area (TPSA) is 68.3 Å². The van der Waals surface area contributed by atoms with Crippen LogP contribution in [0.5, 0.6) is 0 Å². The second-order valence-electron chi connectivity index (χ2n) is 8.04. The van der Waals surface area contributed by atoms with Crippen LogP contribution in [0, 0.1) is 0 Å². The molecule has 0 atom stereocenters. The van der Waals surface area contributed by atoms with Crippen LogP contribution in [0.2, 0.25) is 0 Å². The Labute approximate surface area is 179 Å². The van der Waals surface area contributed by atoms with Crippen molar-refractivity contribution in [3.05, 3.63) is 81.2 Å². The van der Waals surface area contributed by atoms with Gasteiger partial charge in [0.25, 0.3) is 0 Å². The molecule has 0 N–H and O–H groups in total. The maximum Gasteiger partial charge on any atom is 0.167 e. The number of hydrogen-bond donors (Lipinski definition) is 0.